The number of amides is 3. The second-order valence-corrected chi connectivity index (χ2v) is 10.4. The number of rotatable bonds is 8. The van der Waals surface area contributed by atoms with Gasteiger partial charge in [-0.1, -0.05) is 30.7 Å². The lowest BCUT2D eigenvalue weighted by atomic mass is 10.0. The van der Waals surface area contributed by atoms with Crippen molar-refractivity contribution in [1.29, 1.82) is 0 Å². The number of sulfonamides is 1. The highest BCUT2D eigenvalue weighted by molar-refractivity contribution is 7.90. The lowest BCUT2D eigenvalue weighted by Crippen LogP contribution is -2.51. The average Bonchev–Trinajstić information content (AvgIpc) is 2.79. The van der Waals surface area contributed by atoms with Crippen LogP contribution in [-0.4, -0.2) is 52.1 Å². The Bertz CT molecular complexity index is 1120. The van der Waals surface area contributed by atoms with E-state index < -0.39 is 16.1 Å². The van der Waals surface area contributed by atoms with Gasteiger partial charge in [-0.25, -0.2) is 22.9 Å². The number of nitrogens with one attached hydrogen (secondary N) is 3. The van der Waals surface area contributed by atoms with Gasteiger partial charge in [-0.3, -0.25) is 10.2 Å². The van der Waals surface area contributed by atoms with Crippen LogP contribution >= 0.6 is 11.6 Å². The van der Waals surface area contributed by atoms with E-state index in [1.54, 1.807) is 29.3 Å². The molecule has 3 amide bonds. The quantitative estimate of drug-likeness (QED) is 0.504. The number of hydrogen-bond donors (Lipinski definition) is 3. The molecule has 184 valence electrons. The van der Waals surface area contributed by atoms with Crippen molar-refractivity contribution >= 4 is 33.6 Å². The number of halogens is 1. The van der Waals surface area contributed by atoms with Crippen LogP contribution in [0.1, 0.15) is 35.7 Å². The van der Waals surface area contributed by atoms with Gasteiger partial charge in [0.2, 0.25) is 0 Å². The van der Waals surface area contributed by atoms with Gasteiger partial charge in [0.25, 0.3) is 15.9 Å². The van der Waals surface area contributed by atoms with E-state index in [1.807, 2.05) is 4.72 Å². The molecule has 3 N–H and O–H groups in total. The molecule has 0 bridgehead atoms. The van der Waals surface area contributed by atoms with E-state index in [9.17, 15) is 18.0 Å². The molecular formula is C23H29ClN4O5S. The summed E-state index contributed by atoms with van der Waals surface area (Å²) in [7, 11) is -2.53. The SMILES string of the molecule is COc1ccc(Cl)cc1C(=O)NCCc1ccc(S(=O)(=O)NC(=O)NN2CCCC(C)C2)cc1. The molecule has 1 heterocycles. The monoisotopic (exact) mass is 508 g/mol. The number of ether oxygens (including phenoxy) is 1. The Morgan fingerprint density at radius 3 is 2.59 bits per heavy atom. The lowest BCUT2D eigenvalue weighted by molar-refractivity contribution is 0.0951. The number of piperidine rings is 1. The average molecular weight is 509 g/mol. The number of hydrogen-bond acceptors (Lipinski definition) is 6. The fourth-order valence-corrected chi connectivity index (χ4v) is 4.82. The molecule has 2 aromatic carbocycles. The van der Waals surface area contributed by atoms with Gasteiger partial charge in [0.15, 0.2) is 0 Å². The molecule has 0 saturated carbocycles. The zero-order valence-electron chi connectivity index (χ0n) is 19.1. The number of methoxy groups -OCH3 is 1. The minimum atomic E-state index is -4.01. The van der Waals surface area contributed by atoms with E-state index in [4.69, 9.17) is 16.3 Å². The summed E-state index contributed by atoms with van der Waals surface area (Å²) in [5.41, 5.74) is 3.75. The maximum absolute atomic E-state index is 12.5. The van der Waals surface area contributed by atoms with Gasteiger partial charge in [-0.15, -0.1) is 0 Å². The van der Waals surface area contributed by atoms with E-state index in [2.05, 4.69) is 17.7 Å². The van der Waals surface area contributed by atoms with Gasteiger partial charge in [-0.05, 0) is 61.1 Å². The Morgan fingerprint density at radius 2 is 1.91 bits per heavy atom. The molecular weight excluding hydrogens is 480 g/mol. The molecule has 0 radical (unpaired) electrons. The minimum Gasteiger partial charge on any atom is -0.496 e. The number of carbonyl (C=O) groups excluding carboxylic acids is 2. The predicted molar refractivity (Wildman–Crippen MR) is 129 cm³/mol. The first kappa shape index (κ1) is 25.8. The van der Waals surface area contributed by atoms with Crippen LogP contribution < -0.4 is 20.2 Å². The third-order valence-corrected chi connectivity index (χ3v) is 7.06. The number of nitrogens with zero attached hydrogens (tertiary/aromatic N) is 1. The Labute approximate surface area is 204 Å². The fourth-order valence-electron chi connectivity index (χ4n) is 3.75. The number of benzene rings is 2. The predicted octanol–water partition coefficient (Wildman–Crippen LogP) is 2.96. The third kappa shape index (κ3) is 7.09. The molecule has 1 atom stereocenters. The first-order valence-electron chi connectivity index (χ1n) is 11.0. The van der Waals surface area contributed by atoms with Gasteiger partial charge in [0.05, 0.1) is 17.6 Å². The van der Waals surface area contributed by atoms with Crippen molar-refractivity contribution in [3.63, 3.8) is 0 Å². The maximum Gasteiger partial charge on any atom is 0.343 e. The second-order valence-electron chi connectivity index (χ2n) is 8.23. The highest BCUT2D eigenvalue weighted by atomic mass is 35.5. The van der Waals surface area contributed by atoms with E-state index in [0.717, 1.165) is 18.4 Å². The van der Waals surface area contributed by atoms with Crippen molar-refractivity contribution in [2.45, 2.75) is 31.1 Å². The Kier molecular flexibility index (Phi) is 8.76. The highest BCUT2D eigenvalue weighted by Crippen LogP contribution is 2.22. The first-order chi connectivity index (χ1) is 16.2. The van der Waals surface area contributed by atoms with E-state index in [-0.39, 0.29) is 10.8 Å². The lowest BCUT2D eigenvalue weighted by Gasteiger charge is -2.30. The van der Waals surface area contributed by atoms with Crippen LogP contribution in [0.25, 0.3) is 0 Å². The Morgan fingerprint density at radius 1 is 1.18 bits per heavy atom. The number of carbonyl (C=O) groups is 2. The van der Waals surface area contributed by atoms with E-state index in [0.29, 0.717) is 48.3 Å². The molecule has 0 aromatic heterocycles. The van der Waals surface area contributed by atoms with Crippen molar-refractivity contribution in [2.24, 2.45) is 5.92 Å². The van der Waals surface area contributed by atoms with Gasteiger partial charge in [0.1, 0.15) is 5.75 Å². The van der Waals surface area contributed by atoms with Crippen molar-refractivity contribution in [3.05, 3.63) is 58.6 Å². The number of urea groups is 1. The van der Waals surface area contributed by atoms with Crippen LogP contribution in [0.15, 0.2) is 47.4 Å². The molecule has 2 aromatic rings. The second kappa shape index (κ2) is 11.5. The smallest absolute Gasteiger partial charge is 0.343 e. The highest BCUT2D eigenvalue weighted by Gasteiger charge is 2.22. The Balaban J connectivity index is 1.51. The van der Waals surface area contributed by atoms with Crippen molar-refractivity contribution < 1.29 is 22.7 Å². The summed E-state index contributed by atoms with van der Waals surface area (Å²) in [5.74, 6) is 0.537. The van der Waals surface area contributed by atoms with Crippen LogP contribution in [0.2, 0.25) is 5.02 Å². The molecule has 1 fully saturated rings. The van der Waals surface area contributed by atoms with Crippen LogP contribution in [0.3, 0.4) is 0 Å². The van der Waals surface area contributed by atoms with Crippen LogP contribution in [0, 0.1) is 5.92 Å². The van der Waals surface area contributed by atoms with E-state index >= 15 is 0 Å². The molecule has 34 heavy (non-hydrogen) atoms. The summed E-state index contributed by atoms with van der Waals surface area (Å²) in [4.78, 5) is 24.6. The largest absolute Gasteiger partial charge is 0.496 e. The van der Waals surface area contributed by atoms with Gasteiger partial charge in [-0.2, -0.15) is 0 Å². The summed E-state index contributed by atoms with van der Waals surface area (Å²) in [6, 6.07) is 10.2. The summed E-state index contributed by atoms with van der Waals surface area (Å²) in [6.45, 7) is 3.79. The molecule has 3 rings (SSSR count). The standard InChI is InChI=1S/C23H29ClN4O5S/c1-16-4-3-13-28(15-16)26-23(30)27-34(31,32)19-8-5-17(6-9-19)11-12-25-22(29)20-14-18(24)7-10-21(20)33-2/h5-10,14,16H,3-4,11-13,15H2,1-2H3,(H,25,29)(H2,26,27,30). The van der Waals surface area contributed by atoms with Gasteiger partial charge >= 0.3 is 6.03 Å². The van der Waals surface area contributed by atoms with Crippen molar-refractivity contribution in [3.8, 4) is 5.75 Å². The summed E-state index contributed by atoms with van der Waals surface area (Å²) in [6.07, 6.45) is 2.52. The summed E-state index contributed by atoms with van der Waals surface area (Å²) < 4.78 is 32.3. The number of hydrazine groups is 1. The van der Waals surface area contributed by atoms with Gasteiger partial charge < -0.3 is 10.1 Å². The topological polar surface area (TPSA) is 117 Å². The van der Waals surface area contributed by atoms with Crippen molar-refractivity contribution in [1.82, 2.24) is 20.5 Å². The van der Waals surface area contributed by atoms with Crippen LogP contribution in [0.5, 0.6) is 5.75 Å². The van der Waals surface area contributed by atoms with Gasteiger partial charge in [0, 0.05) is 24.7 Å². The molecule has 0 aliphatic carbocycles. The fraction of sp³-hybridized carbons (Fsp3) is 0.391. The summed E-state index contributed by atoms with van der Waals surface area (Å²) >= 11 is 5.97. The molecule has 1 aliphatic heterocycles. The molecule has 1 unspecified atom stereocenters. The summed E-state index contributed by atoms with van der Waals surface area (Å²) in [5, 5.41) is 4.95. The first-order valence-corrected chi connectivity index (χ1v) is 12.8. The van der Waals surface area contributed by atoms with Crippen LogP contribution in [0.4, 0.5) is 4.79 Å². The molecule has 1 saturated heterocycles. The third-order valence-electron chi connectivity index (χ3n) is 5.48. The zero-order valence-corrected chi connectivity index (χ0v) is 20.7. The van der Waals surface area contributed by atoms with Crippen LogP contribution in [-0.2, 0) is 16.4 Å². The molecule has 1 aliphatic rings. The molecule has 9 nitrogen and oxygen atoms in total. The van der Waals surface area contributed by atoms with Crippen molar-refractivity contribution in [2.75, 3.05) is 26.7 Å². The zero-order chi connectivity index (χ0) is 24.7. The molecule has 0 spiro atoms. The minimum absolute atomic E-state index is 0.0221. The maximum atomic E-state index is 12.5. The molecule has 11 heteroatoms. The van der Waals surface area contributed by atoms with E-state index in [1.165, 1.54) is 25.3 Å². The normalized spacial score (nSPS) is 16.5. The Hall–Kier alpha value is -2.82.